The molecule has 5 heteroatoms. The van der Waals surface area contributed by atoms with E-state index >= 15 is 0 Å². The van der Waals surface area contributed by atoms with E-state index < -0.39 is 5.91 Å². The Labute approximate surface area is 104 Å². The van der Waals surface area contributed by atoms with E-state index in [1.54, 1.807) is 12.1 Å². The third kappa shape index (κ3) is 2.45. The van der Waals surface area contributed by atoms with Crippen molar-refractivity contribution in [2.75, 3.05) is 5.73 Å². The second-order valence-corrected chi connectivity index (χ2v) is 3.94. The second-order valence-electron chi connectivity index (χ2n) is 3.94. The number of benzene rings is 1. The van der Waals surface area contributed by atoms with Gasteiger partial charge in [0.05, 0.1) is 17.8 Å². The molecule has 0 aliphatic carbocycles. The van der Waals surface area contributed by atoms with Crippen LogP contribution in [0.4, 0.5) is 5.69 Å². The van der Waals surface area contributed by atoms with Gasteiger partial charge in [0.15, 0.2) is 5.75 Å². The minimum atomic E-state index is -0.395. The first-order chi connectivity index (χ1) is 8.58. The smallest absolute Gasteiger partial charge is 0.255 e. The molecule has 4 N–H and O–H groups in total. The maximum atomic E-state index is 11.8. The van der Waals surface area contributed by atoms with E-state index in [0.717, 1.165) is 5.76 Å². The number of para-hydroxylation sites is 1. The predicted octanol–water partition coefficient (Wildman–Crippen LogP) is 1.81. The number of nitrogen functional groups attached to an aromatic ring is 1. The van der Waals surface area contributed by atoms with Crippen LogP contribution in [0.3, 0.4) is 0 Å². The lowest BCUT2D eigenvalue weighted by molar-refractivity contribution is 0.0945. The van der Waals surface area contributed by atoms with Crippen LogP contribution < -0.4 is 11.1 Å². The zero-order valence-electron chi connectivity index (χ0n) is 9.93. The number of carbonyl (C=O) groups excluding carboxylic acids is 1. The van der Waals surface area contributed by atoms with Crippen LogP contribution in [0.2, 0.25) is 0 Å². The van der Waals surface area contributed by atoms with Gasteiger partial charge in [0.25, 0.3) is 5.91 Å². The van der Waals surface area contributed by atoms with Gasteiger partial charge in [0, 0.05) is 0 Å². The average Bonchev–Trinajstić information content (AvgIpc) is 2.76. The van der Waals surface area contributed by atoms with Crippen LogP contribution in [0.25, 0.3) is 0 Å². The summed E-state index contributed by atoms with van der Waals surface area (Å²) in [6.07, 6.45) is 0. The van der Waals surface area contributed by atoms with Crippen molar-refractivity contribution in [3.63, 3.8) is 0 Å². The van der Waals surface area contributed by atoms with Gasteiger partial charge in [-0.3, -0.25) is 4.79 Å². The van der Waals surface area contributed by atoms with Crippen molar-refractivity contribution in [2.45, 2.75) is 13.5 Å². The lowest BCUT2D eigenvalue weighted by Crippen LogP contribution is -2.22. The number of nitrogens with two attached hydrogens (primary N) is 1. The molecular weight excluding hydrogens is 232 g/mol. The molecule has 0 bridgehead atoms. The SMILES string of the molecule is Cc1ccc(CNC(=O)c2cccc(N)c2O)o1. The first kappa shape index (κ1) is 12.0. The van der Waals surface area contributed by atoms with Gasteiger partial charge in [-0.05, 0) is 31.2 Å². The summed E-state index contributed by atoms with van der Waals surface area (Å²) in [5.74, 6) is 0.842. The maximum Gasteiger partial charge on any atom is 0.255 e. The Kier molecular flexibility index (Phi) is 3.23. The summed E-state index contributed by atoms with van der Waals surface area (Å²) in [6.45, 7) is 2.09. The Morgan fingerprint density at radius 2 is 2.17 bits per heavy atom. The number of carbonyl (C=O) groups is 1. The van der Waals surface area contributed by atoms with E-state index in [2.05, 4.69) is 5.32 Å². The van der Waals surface area contributed by atoms with E-state index in [4.69, 9.17) is 10.2 Å². The minimum absolute atomic E-state index is 0.151. The van der Waals surface area contributed by atoms with Crippen LogP contribution in [0.1, 0.15) is 21.9 Å². The molecule has 0 aliphatic rings. The number of phenolic OH excluding ortho intramolecular Hbond substituents is 1. The topological polar surface area (TPSA) is 88.5 Å². The fraction of sp³-hybridized carbons (Fsp3) is 0.154. The molecule has 0 spiro atoms. The molecule has 0 saturated carbocycles. The molecule has 0 fully saturated rings. The zero-order chi connectivity index (χ0) is 13.1. The van der Waals surface area contributed by atoms with Crippen LogP contribution >= 0.6 is 0 Å². The number of phenols is 1. The molecule has 1 amide bonds. The molecule has 2 aromatic rings. The maximum absolute atomic E-state index is 11.8. The molecular formula is C13H14N2O3. The Hall–Kier alpha value is -2.43. The third-order valence-electron chi connectivity index (χ3n) is 2.53. The third-order valence-corrected chi connectivity index (χ3v) is 2.53. The summed E-state index contributed by atoms with van der Waals surface area (Å²) < 4.78 is 5.32. The molecule has 1 heterocycles. The molecule has 5 nitrogen and oxygen atoms in total. The number of hydrogen-bond acceptors (Lipinski definition) is 4. The van der Waals surface area contributed by atoms with E-state index in [9.17, 15) is 9.90 Å². The average molecular weight is 246 g/mol. The fourth-order valence-corrected chi connectivity index (χ4v) is 1.59. The number of rotatable bonds is 3. The normalized spacial score (nSPS) is 10.3. The van der Waals surface area contributed by atoms with Crippen molar-refractivity contribution < 1.29 is 14.3 Å². The lowest BCUT2D eigenvalue weighted by Gasteiger charge is -2.07. The van der Waals surface area contributed by atoms with Gasteiger partial charge >= 0.3 is 0 Å². The number of aromatic hydroxyl groups is 1. The van der Waals surface area contributed by atoms with Crippen molar-refractivity contribution in [1.82, 2.24) is 5.32 Å². The molecule has 94 valence electrons. The Bertz CT molecular complexity index is 575. The van der Waals surface area contributed by atoms with Crippen LogP contribution in [-0.2, 0) is 6.54 Å². The predicted molar refractivity (Wildman–Crippen MR) is 67.1 cm³/mol. The van der Waals surface area contributed by atoms with Crippen LogP contribution in [0.15, 0.2) is 34.7 Å². The van der Waals surface area contributed by atoms with Gasteiger partial charge < -0.3 is 20.6 Å². The van der Waals surface area contributed by atoms with Gasteiger partial charge in [-0.2, -0.15) is 0 Å². The van der Waals surface area contributed by atoms with Crippen LogP contribution in [0.5, 0.6) is 5.75 Å². The van der Waals surface area contributed by atoms with Gasteiger partial charge in [-0.15, -0.1) is 0 Å². The number of nitrogens with one attached hydrogen (secondary N) is 1. The van der Waals surface area contributed by atoms with Crippen LogP contribution in [-0.4, -0.2) is 11.0 Å². The molecule has 0 atom stereocenters. The highest BCUT2D eigenvalue weighted by atomic mass is 16.3. The molecule has 0 radical (unpaired) electrons. The molecule has 18 heavy (non-hydrogen) atoms. The summed E-state index contributed by atoms with van der Waals surface area (Å²) in [7, 11) is 0. The van der Waals surface area contributed by atoms with E-state index in [0.29, 0.717) is 5.76 Å². The lowest BCUT2D eigenvalue weighted by atomic mass is 10.1. The highest BCUT2D eigenvalue weighted by molar-refractivity contribution is 5.98. The van der Waals surface area contributed by atoms with Gasteiger partial charge in [-0.1, -0.05) is 6.07 Å². The number of aryl methyl sites for hydroxylation is 1. The summed E-state index contributed by atoms with van der Waals surface area (Å²) >= 11 is 0. The van der Waals surface area contributed by atoms with Crippen molar-refractivity contribution in [2.24, 2.45) is 0 Å². The van der Waals surface area contributed by atoms with E-state index in [1.807, 2.05) is 13.0 Å². The highest BCUT2D eigenvalue weighted by Gasteiger charge is 2.12. The van der Waals surface area contributed by atoms with Gasteiger partial charge in [-0.25, -0.2) is 0 Å². The van der Waals surface area contributed by atoms with E-state index in [-0.39, 0.29) is 23.5 Å². The molecule has 0 saturated heterocycles. The van der Waals surface area contributed by atoms with Crippen molar-refractivity contribution in [1.29, 1.82) is 0 Å². The van der Waals surface area contributed by atoms with E-state index in [1.165, 1.54) is 12.1 Å². The second kappa shape index (κ2) is 4.83. The molecule has 1 aromatic heterocycles. The number of furan rings is 1. The minimum Gasteiger partial charge on any atom is -0.505 e. The zero-order valence-corrected chi connectivity index (χ0v) is 9.93. The highest BCUT2D eigenvalue weighted by Crippen LogP contribution is 2.24. The number of anilines is 1. The first-order valence-corrected chi connectivity index (χ1v) is 5.49. The number of hydrogen-bond donors (Lipinski definition) is 3. The summed E-state index contributed by atoms with van der Waals surface area (Å²) in [4.78, 5) is 11.8. The quantitative estimate of drug-likeness (QED) is 0.569. The van der Waals surface area contributed by atoms with Crippen molar-refractivity contribution >= 4 is 11.6 Å². The van der Waals surface area contributed by atoms with Gasteiger partial charge in [0.2, 0.25) is 0 Å². The molecule has 0 unspecified atom stereocenters. The Morgan fingerprint density at radius 3 is 2.83 bits per heavy atom. The summed E-state index contributed by atoms with van der Waals surface area (Å²) in [5, 5.41) is 12.3. The Balaban J connectivity index is 2.06. The molecule has 2 rings (SSSR count). The van der Waals surface area contributed by atoms with Gasteiger partial charge in [0.1, 0.15) is 11.5 Å². The molecule has 1 aromatic carbocycles. The fourth-order valence-electron chi connectivity index (χ4n) is 1.59. The summed E-state index contributed by atoms with van der Waals surface area (Å²) in [6, 6.07) is 8.26. The van der Waals surface area contributed by atoms with Crippen molar-refractivity contribution in [3.8, 4) is 5.75 Å². The standard InChI is InChI=1S/C13H14N2O3/c1-8-5-6-9(18-8)7-15-13(17)10-3-2-4-11(14)12(10)16/h2-6,16H,7,14H2,1H3,(H,15,17). The molecule has 0 aliphatic heterocycles. The monoisotopic (exact) mass is 246 g/mol. The Morgan fingerprint density at radius 1 is 1.39 bits per heavy atom. The van der Waals surface area contributed by atoms with Crippen molar-refractivity contribution in [3.05, 3.63) is 47.4 Å². The van der Waals surface area contributed by atoms with Crippen LogP contribution in [0, 0.1) is 6.92 Å². The largest absolute Gasteiger partial charge is 0.505 e. The first-order valence-electron chi connectivity index (χ1n) is 5.49. The summed E-state index contributed by atoms with van der Waals surface area (Å²) in [5.41, 5.74) is 5.85. The number of amides is 1.